The Bertz CT molecular complexity index is 2300. The summed E-state index contributed by atoms with van der Waals surface area (Å²) in [6, 6.07) is 23.6. The summed E-state index contributed by atoms with van der Waals surface area (Å²) < 4.78 is 47.4. The van der Waals surface area contributed by atoms with Gasteiger partial charge in [0.25, 0.3) is 5.56 Å². The van der Waals surface area contributed by atoms with Crippen LogP contribution >= 0.6 is 11.8 Å². The Morgan fingerprint density at radius 2 is 1.79 bits per heavy atom. The third-order valence-electron chi connectivity index (χ3n) is 10.7. The number of thioether (sulfide) groups is 1. The maximum atomic E-state index is 13.7. The third-order valence-corrected chi connectivity index (χ3v) is 11.9. The topological polar surface area (TPSA) is 124 Å². The zero-order chi connectivity index (χ0) is 39.9. The average Bonchev–Trinajstić information content (AvgIpc) is 3.79. The zero-order valence-corrected chi connectivity index (χ0v) is 32.1. The molecule has 14 heteroatoms. The van der Waals surface area contributed by atoms with Gasteiger partial charge in [-0.05, 0) is 62.2 Å². The summed E-state index contributed by atoms with van der Waals surface area (Å²) in [4.78, 5) is 42.9. The predicted octanol–water partition coefficient (Wildman–Crippen LogP) is 5.21. The van der Waals surface area contributed by atoms with E-state index in [0.29, 0.717) is 24.2 Å². The highest BCUT2D eigenvalue weighted by molar-refractivity contribution is 8.00. The van der Waals surface area contributed by atoms with Gasteiger partial charge >= 0.3 is 12.1 Å². The van der Waals surface area contributed by atoms with Crippen molar-refractivity contribution in [3.8, 4) is 0 Å². The number of halogens is 3. The fraction of sp³-hybridized carbons (Fsp3) is 0.310. The number of aromatic nitrogens is 2. The second-order valence-corrected chi connectivity index (χ2v) is 15.9. The molecule has 292 valence electrons. The molecule has 10 nitrogen and oxygen atoms in total. The van der Waals surface area contributed by atoms with Gasteiger partial charge in [0, 0.05) is 60.0 Å². The molecule has 4 aromatic rings. The van der Waals surface area contributed by atoms with Crippen molar-refractivity contribution in [2.45, 2.75) is 54.6 Å². The molecular weight excluding hydrogens is 744 g/mol. The number of aromatic amines is 1. The van der Waals surface area contributed by atoms with E-state index >= 15 is 0 Å². The molecule has 2 aliphatic heterocycles. The van der Waals surface area contributed by atoms with Gasteiger partial charge in [-0.1, -0.05) is 72.1 Å². The van der Waals surface area contributed by atoms with Gasteiger partial charge in [-0.2, -0.15) is 13.2 Å². The van der Waals surface area contributed by atoms with E-state index < -0.39 is 51.6 Å². The number of benzene rings is 3. The van der Waals surface area contributed by atoms with Crippen molar-refractivity contribution in [3.05, 3.63) is 129 Å². The molecule has 0 amide bonds. The van der Waals surface area contributed by atoms with Crippen LogP contribution in [0.25, 0.3) is 11.6 Å². The first kappa shape index (κ1) is 38.8. The van der Waals surface area contributed by atoms with Gasteiger partial charge in [-0.3, -0.25) is 29.1 Å². The number of nitrogens with one attached hydrogen (secondary N) is 3. The molecule has 0 radical (unpaired) electrons. The molecule has 1 aromatic heterocycles. The largest absolute Gasteiger partial charge is 0.871 e. The van der Waals surface area contributed by atoms with Gasteiger partial charge in [0.05, 0.1) is 16.4 Å². The molecule has 3 unspecified atom stereocenters. The summed E-state index contributed by atoms with van der Waals surface area (Å²) in [5.41, 5.74) is -0.00731. The van der Waals surface area contributed by atoms with Crippen LogP contribution < -0.4 is 25.8 Å². The molecule has 3 aliphatic rings. The number of para-hydroxylation sites is 2. The number of Topliss-reactive ketones (excluding diaryl/α,β-unsaturated/α-hetero) is 1. The second kappa shape index (κ2) is 15.2. The number of allylic oxidation sites excluding steroid dienone is 2. The lowest BCUT2D eigenvalue weighted by Crippen LogP contribution is -3.11. The number of esters is 1. The van der Waals surface area contributed by atoms with Crippen LogP contribution in [0.5, 0.6) is 0 Å². The number of rotatable bonds is 12. The fourth-order valence-electron chi connectivity index (χ4n) is 7.71. The van der Waals surface area contributed by atoms with E-state index in [9.17, 15) is 32.7 Å². The van der Waals surface area contributed by atoms with Crippen LogP contribution in [-0.4, -0.2) is 59.7 Å². The van der Waals surface area contributed by atoms with Crippen LogP contribution in [-0.2, 0) is 33.0 Å². The van der Waals surface area contributed by atoms with E-state index in [2.05, 4.69) is 58.8 Å². The Labute approximate surface area is 326 Å². The molecule has 3 aromatic carbocycles. The number of anilines is 2. The number of carbonyl (C=O) groups is 2. The minimum absolute atomic E-state index is 0.0671. The molecular formula is C42H42F3N5O5S. The highest BCUT2D eigenvalue weighted by Gasteiger charge is 2.50. The molecule has 0 saturated heterocycles. The maximum absolute atomic E-state index is 13.7. The van der Waals surface area contributed by atoms with Gasteiger partial charge in [0.2, 0.25) is 0 Å². The van der Waals surface area contributed by atoms with Crippen LogP contribution in [0.2, 0.25) is 0 Å². The van der Waals surface area contributed by atoms with Crippen molar-refractivity contribution in [1.29, 1.82) is 0 Å². The zero-order valence-electron chi connectivity index (χ0n) is 31.3. The summed E-state index contributed by atoms with van der Waals surface area (Å²) >= 11 is 1.78. The standard InChI is InChI=1S/C42H42F3N5O5S/c1-41(2)28-10-5-7-12-30(28)50(32(41)24-27-37(52)35(38(27)53)36-39(42(43,44)45)47-49(4)40(36)54)22-23-55-34(51)14-9-21-48(3)26-18-15-25(16-19-26)17-20-33-46-29-11-6-8-13-31(29)56-33/h5-8,10-13,15-20,24,32-33,46-47,52H,9,14,21-23H2,1-4H3/b20-17+,27-24+. The maximum Gasteiger partial charge on any atom is 0.433 e. The van der Waals surface area contributed by atoms with Gasteiger partial charge < -0.3 is 20.1 Å². The lowest BCUT2D eigenvalue weighted by molar-refractivity contribution is -0.850. The Morgan fingerprint density at radius 3 is 2.50 bits per heavy atom. The first-order chi connectivity index (χ1) is 26.6. The molecule has 3 atom stereocenters. The van der Waals surface area contributed by atoms with Gasteiger partial charge in [-0.25, -0.2) is 0 Å². The minimum Gasteiger partial charge on any atom is -0.871 e. The Kier molecular flexibility index (Phi) is 10.5. The number of fused-ring (bicyclic) bond motifs is 2. The Morgan fingerprint density at radius 1 is 1.07 bits per heavy atom. The lowest BCUT2D eigenvalue weighted by Gasteiger charge is -2.34. The number of nitrogens with zero attached hydrogens (tertiary/aromatic N) is 2. The highest BCUT2D eigenvalue weighted by Crippen LogP contribution is 2.42. The van der Waals surface area contributed by atoms with Crippen molar-refractivity contribution in [2.75, 3.05) is 37.0 Å². The first-order valence-corrected chi connectivity index (χ1v) is 19.2. The molecule has 3 N–H and O–H groups in total. The fourth-order valence-corrected chi connectivity index (χ4v) is 8.74. The van der Waals surface area contributed by atoms with Crippen LogP contribution in [0.3, 0.4) is 0 Å². The molecule has 0 saturated carbocycles. The van der Waals surface area contributed by atoms with E-state index in [1.165, 1.54) is 11.0 Å². The van der Waals surface area contributed by atoms with E-state index in [4.69, 9.17) is 4.74 Å². The average molecular weight is 786 g/mol. The van der Waals surface area contributed by atoms with E-state index in [1.54, 1.807) is 11.8 Å². The molecule has 56 heavy (non-hydrogen) atoms. The number of hydrogen-bond acceptors (Lipinski definition) is 8. The second-order valence-electron chi connectivity index (χ2n) is 14.7. The number of ether oxygens (including phenoxy) is 1. The number of alkyl halides is 3. The minimum atomic E-state index is -4.97. The van der Waals surface area contributed by atoms with E-state index in [-0.39, 0.29) is 29.9 Å². The van der Waals surface area contributed by atoms with E-state index in [1.807, 2.05) is 62.4 Å². The molecule has 0 bridgehead atoms. The first-order valence-electron chi connectivity index (χ1n) is 18.3. The predicted molar refractivity (Wildman–Crippen MR) is 208 cm³/mol. The van der Waals surface area contributed by atoms with Crippen molar-refractivity contribution < 1.29 is 37.5 Å². The summed E-state index contributed by atoms with van der Waals surface area (Å²) in [7, 11) is 3.06. The summed E-state index contributed by atoms with van der Waals surface area (Å²) in [6.07, 6.45) is 1.57. The van der Waals surface area contributed by atoms with E-state index in [0.717, 1.165) is 40.1 Å². The van der Waals surface area contributed by atoms with Crippen LogP contribution in [0.4, 0.5) is 30.2 Å². The quantitative estimate of drug-likeness (QED) is 0.132. The van der Waals surface area contributed by atoms with Crippen LogP contribution in [0, 0.1) is 0 Å². The van der Waals surface area contributed by atoms with Crippen molar-refractivity contribution in [1.82, 2.24) is 9.78 Å². The number of H-pyrrole nitrogens is 1. The number of carbonyl (C=O) groups excluding carboxylic acids is 2. The molecule has 7 rings (SSSR count). The van der Waals surface area contributed by atoms with Crippen LogP contribution in [0.15, 0.2) is 106 Å². The highest BCUT2D eigenvalue weighted by atomic mass is 32.2. The molecule has 1 aliphatic carbocycles. The van der Waals surface area contributed by atoms with Gasteiger partial charge in [0.15, 0.2) is 5.78 Å². The smallest absolute Gasteiger partial charge is 0.433 e. The van der Waals surface area contributed by atoms with Gasteiger partial charge in [0.1, 0.15) is 30.6 Å². The third kappa shape index (κ3) is 7.42. The Balaban J connectivity index is 0.944. The summed E-state index contributed by atoms with van der Waals surface area (Å²) in [5, 5.41) is 18.9. The SMILES string of the molecule is CN(CCCC(=O)OCC[NH+]1c2ccccc2C(C)(C)C1/C=C1/C(=O)C(c2c(C(F)(F)F)[nH]n(C)c2=O)=C1[O-])c1ccc(/C=C/C2Nc3ccccc3S2)cc1. The molecule has 0 spiro atoms. The monoisotopic (exact) mass is 785 g/mol. The van der Waals surface area contributed by atoms with Crippen molar-refractivity contribution in [2.24, 2.45) is 7.05 Å². The summed E-state index contributed by atoms with van der Waals surface area (Å²) in [5.74, 6) is -2.16. The Hall–Kier alpha value is -5.47. The normalized spacial score (nSPS) is 20.6. The number of aryl methyl sites for hydroxylation is 1. The summed E-state index contributed by atoms with van der Waals surface area (Å²) in [6.45, 7) is 4.94. The van der Waals surface area contributed by atoms with Gasteiger partial charge in [-0.15, -0.1) is 0 Å². The van der Waals surface area contributed by atoms with Crippen molar-refractivity contribution >= 4 is 52.2 Å². The molecule has 0 fully saturated rings. The van der Waals surface area contributed by atoms with Crippen molar-refractivity contribution in [3.63, 3.8) is 0 Å². The molecule has 3 heterocycles. The van der Waals surface area contributed by atoms with Crippen LogP contribution in [0.1, 0.15) is 49.1 Å². The number of hydrogen-bond donors (Lipinski definition) is 3. The lowest BCUT2D eigenvalue weighted by atomic mass is 9.76. The number of ketones is 1. The number of quaternary nitrogens is 1.